The van der Waals surface area contributed by atoms with Crippen molar-refractivity contribution in [2.75, 3.05) is 5.75 Å². The van der Waals surface area contributed by atoms with Gasteiger partial charge in [0.2, 0.25) is 0 Å². The first-order valence-electron chi connectivity index (χ1n) is 4.73. The lowest BCUT2D eigenvalue weighted by atomic mass is 10.2. The lowest BCUT2D eigenvalue weighted by Gasteiger charge is -2.13. The molecular formula is C10H19NS. The van der Waals surface area contributed by atoms with Gasteiger partial charge in [-0.3, -0.25) is 0 Å². The molecule has 0 fully saturated rings. The van der Waals surface area contributed by atoms with Gasteiger partial charge in [-0.2, -0.15) is 17.0 Å². The van der Waals surface area contributed by atoms with Crippen LogP contribution in [0, 0.1) is 17.2 Å². The average Bonchev–Trinajstić information content (AvgIpc) is 2.11. The van der Waals surface area contributed by atoms with Crippen molar-refractivity contribution in [3.8, 4) is 6.07 Å². The van der Waals surface area contributed by atoms with E-state index < -0.39 is 0 Å². The number of rotatable bonds is 6. The monoisotopic (exact) mass is 185 g/mol. The fraction of sp³-hybridized carbons (Fsp3) is 0.900. The van der Waals surface area contributed by atoms with Crippen LogP contribution in [0.3, 0.4) is 0 Å². The van der Waals surface area contributed by atoms with Crippen molar-refractivity contribution in [3.63, 3.8) is 0 Å². The van der Waals surface area contributed by atoms with Crippen LogP contribution in [0.1, 0.15) is 40.0 Å². The first kappa shape index (κ1) is 11.8. The van der Waals surface area contributed by atoms with E-state index in [0.29, 0.717) is 11.7 Å². The van der Waals surface area contributed by atoms with Gasteiger partial charge in [0.15, 0.2) is 0 Å². The lowest BCUT2D eigenvalue weighted by Crippen LogP contribution is -2.04. The molecule has 0 bridgehead atoms. The van der Waals surface area contributed by atoms with Gasteiger partial charge >= 0.3 is 0 Å². The Kier molecular flexibility index (Phi) is 7.39. The minimum Gasteiger partial charge on any atom is -0.198 e. The van der Waals surface area contributed by atoms with E-state index in [-0.39, 0.29) is 0 Å². The number of nitrogens with zero attached hydrogens (tertiary/aromatic N) is 1. The summed E-state index contributed by atoms with van der Waals surface area (Å²) in [6.07, 6.45) is 3.07. The molecule has 0 rings (SSSR count). The van der Waals surface area contributed by atoms with Crippen molar-refractivity contribution in [1.82, 2.24) is 0 Å². The van der Waals surface area contributed by atoms with Crippen molar-refractivity contribution in [3.05, 3.63) is 0 Å². The lowest BCUT2D eigenvalue weighted by molar-refractivity contribution is 0.634. The SMILES string of the molecule is CCC(C)CSC(CC)CC#N. The second kappa shape index (κ2) is 7.49. The molecule has 0 N–H and O–H groups in total. The third kappa shape index (κ3) is 5.49. The maximum Gasteiger partial charge on any atom is 0.0633 e. The third-order valence-electron chi connectivity index (χ3n) is 2.09. The summed E-state index contributed by atoms with van der Waals surface area (Å²) in [6.45, 7) is 6.65. The Bertz CT molecular complexity index is 139. The van der Waals surface area contributed by atoms with Crippen LogP contribution >= 0.6 is 11.8 Å². The summed E-state index contributed by atoms with van der Waals surface area (Å²) >= 11 is 1.96. The molecule has 0 amide bonds. The minimum atomic E-state index is 0.559. The van der Waals surface area contributed by atoms with Crippen LogP contribution in [-0.4, -0.2) is 11.0 Å². The van der Waals surface area contributed by atoms with E-state index in [1.54, 1.807) is 0 Å². The second-order valence-corrected chi connectivity index (χ2v) is 4.57. The first-order valence-corrected chi connectivity index (χ1v) is 5.77. The van der Waals surface area contributed by atoms with Crippen molar-refractivity contribution < 1.29 is 0 Å². The highest BCUT2D eigenvalue weighted by Crippen LogP contribution is 2.21. The zero-order valence-corrected chi connectivity index (χ0v) is 9.16. The van der Waals surface area contributed by atoms with E-state index in [1.165, 1.54) is 12.2 Å². The number of thioether (sulfide) groups is 1. The van der Waals surface area contributed by atoms with Gasteiger partial charge < -0.3 is 0 Å². The molecule has 0 aliphatic carbocycles. The van der Waals surface area contributed by atoms with Crippen molar-refractivity contribution in [2.45, 2.75) is 45.3 Å². The summed E-state index contributed by atoms with van der Waals surface area (Å²) in [7, 11) is 0. The molecule has 0 aromatic rings. The molecule has 2 atom stereocenters. The molecule has 2 heteroatoms. The van der Waals surface area contributed by atoms with Gasteiger partial charge in [0.25, 0.3) is 0 Å². The Morgan fingerprint density at radius 1 is 1.33 bits per heavy atom. The largest absolute Gasteiger partial charge is 0.198 e. The van der Waals surface area contributed by atoms with Crippen molar-refractivity contribution >= 4 is 11.8 Å². The van der Waals surface area contributed by atoms with E-state index in [1.807, 2.05) is 11.8 Å². The van der Waals surface area contributed by atoms with Crippen LogP contribution < -0.4 is 0 Å². The summed E-state index contributed by atoms with van der Waals surface area (Å²) in [5.74, 6) is 2.00. The zero-order chi connectivity index (χ0) is 9.40. The van der Waals surface area contributed by atoms with Crippen LogP contribution in [-0.2, 0) is 0 Å². The predicted molar refractivity (Wildman–Crippen MR) is 56.2 cm³/mol. The zero-order valence-electron chi connectivity index (χ0n) is 8.34. The second-order valence-electron chi connectivity index (χ2n) is 3.24. The summed E-state index contributed by atoms with van der Waals surface area (Å²) < 4.78 is 0. The van der Waals surface area contributed by atoms with Crippen LogP contribution in [0.5, 0.6) is 0 Å². The molecule has 0 aliphatic rings. The number of nitriles is 1. The highest BCUT2D eigenvalue weighted by molar-refractivity contribution is 7.99. The molecular weight excluding hydrogens is 166 g/mol. The van der Waals surface area contributed by atoms with Gasteiger partial charge in [0.05, 0.1) is 6.07 Å². The highest BCUT2D eigenvalue weighted by Gasteiger charge is 2.07. The van der Waals surface area contributed by atoms with Gasteiger partial charge in [-0.15, -0.1) is 0 Å². The standard InChI is InChI=1S/C10H19NS/c1-4-9(3)8-12-10(5-2)6-7-11/h9-10H,4-6,8H2,1-3H3. The summed E-state index contributed by atoms with van der Waals surface area (Å²) in [4.78, 5) is 0. The maximum absolute atomic E-state index is 8.53. The van der Waals surface area contributed by atoms with Gasteiger partial charge in [-0.25, -0.2) is 0 Å². The van der Waals surface area contributed by atoms with E-state index in [9.17, 15) is 0 Å². The Morgan fingerprint density at radius 2 is 2.00 bits per heavy atom. The minimum absolute atomic E-state index is 0.559. The summed E-state index contributed by atoms with van der Waals surface area (Å²) in [5, 5.41) is 9.09. The van der Waals surface area contributed by atoms with Crippen LogP contribution in [0.4, 0.5) is 0 Å². The summed E-state index contributed by atoms with van der Waals surface area (Å²) in [5.41, 5.74) is 0. The quantitative estimate of drug-likeness (QED) is 0.632. The molecule has 0 heterocycles. The van der Waals surface area contributed by atoms with Gasteiger partial charge in [0.1, 0.15) is 0 Å². The fourth-order valence-corrected chi connectivity index (χ4v) is 2.11. The maximum atomic E-state index is 8.53. The topological polar surface area (TPSA) is 23.8 Å². The van der Waals surface area contributed by atoms with Crippen LogP contribution in [0.15, 0.2) is 0 Å². The van der Waals surface area contributed by atoms with E-state index >= 15 is 0 Å². The molecule has 0 saturated heterocycles. The molecule has 0 saturated carbocycles. The normalized spacial score (nSPS) is 15.2. The van der Waals surface area contributed by atoms with Gasteiger partial charge in [-0.1, -0.05) is 27.2 Å². The van der Waals surface area contributed by atoms with Gasteiger partial charge in [-0.05, 0) is 18.1 Å². The Hall–Kier alpha value is -0.160. The Morgan fingerprint density at radius 3 is 2.42 bits per heavy atom. The van der Waals surface area contributed by atoms with E-state index in [4.69, 9.17) is 5.26 Å². The third-order valence-corrected chi connectivity index (χ3v) is 3.82. The predicted octanol–water partition coefficient (Wildman–Crippen LogP) is 3.46. The van der Waals surface area contributed by atoms with Crippen LogP contribution in [0.2, 0.25) is 0 Å². The fourth-order valence-electron chi connectivity index (χ4n) is 0.841. The molecule has 1 nitrogen and oxygen atoms in total. The first-order chi connectivity index (χ1) is 5.74. The molecule has 12 heavy (non-hydrogen) atoms. The molecule has 0 radical (unpaired) electrons. The average molecular weight is 185 g/mol. The van der Waals surface area contributed by atoms with E-state index in [2.05, 4.69) is 26.8 Å². The molecule has 2 unspecified atom stereocenters. The Balaban J connectivity index is 3.51. The number of hydrogen-bond donors (Lipinski definition) is 0. The Labute approximate surface area is 80.5 Å². The molecule has 0 spiro atoms. The molecule has 0 aliphatic heterocycles. The smallest absolute Gasteiger partial charge is 0.0633 e. The van der Waals surface area contributed by atoms with E-state index in [0.717, 1.165) is 12.3 Å². The highest BCUT2D eigenvalue weighted by atomic mass is 32.2. The number of hydrogen-bond acceptors (Lipinski definition) is 2. The molecule has 0 aromatic heterocycles. The van der Waals surface area contributed by atoms with Crippen LogP contribution in [0.25, 0.3) is 0 Å². The summed E-state index contributed by atoms with van der Waals surface area (Å²) in [6, 6.07) is 2.24. The van der Waals surface area contributed by atoms with Crippen molar-refractivity contribution in [1.29, 1.82) is 5.26 Å². The molecule has 70 valence electrons. The van der Waals surface area contributed by atoms with Crippen molar-refractivity contribution in [2.24, 2.45) is 5.92 Å². The molecule has 0 aromatic carbocycles. The van der Waals surface area contributed by atoms with Gasteiger partial charge in [0, 0.05) is 11.7 Å².